The fourth-order valence-corrected chi connectivity index (χ4v) is 4.36. The number of hydrogen-bond acceptors (Lipinski definition) is 6. The highest BCUT2D eigenvalue weighted by molar-refractivity contribution is 9.10. The molecular formula is C14H19BrO6S. The molecule has 0 amide bonds. The van der Waals surface area contributed by atoms with Crippen LogP contribution in [0.15, 0.2) is 21.5 Å². The summed E-state index contributed by atoms with van der Waals surface area (Å²) in [5, 5.41) is 17.5. The van der Waals surface area contributed by atoms with Gasteiger partial charge < -0.3 is 14.9 Å². The molecule has 0 radical (unpaired) electrons. The molecule has 124 valence electrons. The number of rotatable bonds is 8. The Balaban J connectivity index is 3.11. The molecule has 0 bridgehead atoms. The highest BCUT2D eigenvalue weighted by Gasteiger charge is 2.22. The van der Waals surface area contributed by atoms with E-state index in [-0.39, 0.29) is 42.5 Å². The first-order chi connectivity index (χ1) is 10.3. The summed E-state index contributed by atoms with van der Waals surface area (Å²) in [5.41, 5.74) is 0.755. The number of aliphatic hydroxyl groups excluding tert-OH is 2. The predicted molar refractivity (Wildman–Crippen MR) is 84.6 cm³/mol. The molecule has 0 saturated carbocycles. The van der Waals surface area contributed by atoms with Crippen LogP contribution >= 0.6 is 15.9 Å². The first-order valence-corrected chi connectivity index (χ1v) is 9.19. The normalized spacial score (nSPS) is 11.5. The number of ether oxygens (including phenoxy) is 1. The van der Waals surface area contributed by atoms with Crippen molar-refractivity contribution in [3.8, 4) is 0 Å². The average Bonchev–Trinajstić information content (AvgIpc) is 2.45. The Hall–Kier alpha value is -0.960. The molecule has 8 heteroatoms. The second-order valence-corrected chi connectivity index (χ2v) is 7.64. The van der Waals surface area contributed by atoms with Gasteiger partial charge in [0.05, 0.1) is 22.8 Å². The van der Waals surface area contributed by atoms with Crippen LogP contribution in [0.25, 0.3) is 0 Å². The summed E-state index contributed by atoms with van der Waals surface area (Å²) in [4.78, 5) is 12.0. The molecule has 0 atom stereocenters. The molecule has 0 saturated heterocycles. The number of carbonyl (C=O) groups is 1. The second-order valence-electron chi connectivity index (χ2n) is 4.71. The van der Waals surface area contributed by atoms with Gasteiger partial charge in [0.1, 0.15) is 0 Å². The molecule has 0 spiro atoms. The highest BCUT2D eigenvalue weighted by Crippen LogP contribution is 2.27. The third-order valence-corrected chi connectivity index (χ3v) is 5.69. The Labute approximate surface area is 138 Å². The molecule has 0 heterocycles. The number of hydrogen-bond donors (Lipinski definition) is 2. The van der Waals surface area contributed by atoms with E-state index in [1.165, 1.54) is 6.07 Å². The van der Waals surface area contributed by atoms with Crippen LogP contribution in [0.5, 0.6) is 0 Å². The number of sulfone groups is 1. The lowest BCUT2D eigenvalue weighted by Crippen LogP contribution is -2.13. The molecule has 0 fully saturated rings. The van der Waals surface area contributed by atoms with Gasteiger partial charge in [-0.05, 0) is 47.0 Å². The fraction of sp³-hybridized carbons (Fsp3) is 0.500. The van der Waals surface area contributed by atoms with Crippen LogP contribution < -0.4 is 0 Å². The van der Waals surface area contributed by atoms with E-state index in [0.717, 1.165) is 0 Å². The van der Waals surface area contributed by atoms with E-state index in [1.54, 1.807) is 13.0 Å². The smallest absolute Gasteiger partial charge is 0.338 e. The number of esters is 1. The van der Waals surface area contributed by atoms with Crippen molar-refractivity contribution in [1.29, 1.82) is 0 Å². The molecule has 6 nitrogen and oxygen atoms in total. The summed E-state index contributed by atoms with van der Waals surface area (Å²) in [6, 6.07) is 2.84. The van der Waals surface area contributed by atoms with Crippen molar-refractivity contribution in [1.82, 2.24) is 0 Å². The van der Waals surface area contributed by atoms with Crippen LogP contribution in [0.4, 0.5) is 0 Å². The maximum absolute atomic E-state index is 12.2. The number of aryl methyl sites for hydroxylation is 1. The molecular weight excluding hydrogens is 376 g/mol. The molecule has 0 aliphatic heterocycles. The quantitative estimate of drug-likeness (QED) is 0.511. The van der Waals surface area contributed by atoms with E-state index in [9.17, 15) is 13.2 Å². The lowest BCUT2D eigenvalue weighted by atomic mass is 10.1. The molecule has 0 aliphatic rings. The minimum Gasteiger partial charge on any atom is -0.462 e. The van der Waals surface area contributed by atoms with Crippen molar-refractivity contribution >= 4 is 31.7 Å². The first kappa shape index (κ1) is 19.1. The van der Waals surface area contributed by atoms with Gasteiger partial charge in [0.15, 0.2) is 9.84 Å². The third kappa shape index (κ3) is 5.05. The van der Waals surface area contributed by atoms with E-state index < -0.39 is 15.8 Å². The van der Waals surface area contributed by atoms with Crippen LogP contribution in [-0.4, -0.2) is 50.2 Å². The van der Waals surface area contributed by atoms with E-state index >= 15 is 0 Å². The van der Waals surface area contributed by atoms with Crippen molar-refractivity contribution in [2.24, 2.45) is 0 Å². The summed E-state index contributed by atoms with van der Waals surface area (Å²) in [7, 11) is -3.61. The van der Waals surface area contributed by atoms with Gasteiger partial charge in [-0.2, -0.15) is 0 Å². The largest absolute Gasteiger partial charge is 0.462 e. The lowest BCUT2D eigenvalue weighted by molar-refractivity contribution is 0.0481. The average molecular weight is 395 g/mol. The molecule has 22 heavy (non-hydrogen) atoms. The van der Waals surface area contributed by atoms with Crippen LogP contribution in [0, 0.1) is 6.92 Å². The summed E-state index contributed by atoms with van der Waals surface area (Å²) in [6.45, 7) is 1.43. The van der Waals surface area contributed by atoms with Gasteiger partial charge in [-0.1, -0.05) is 0 Å². The third-order valence-electron chi connectivity index (χ3n) is 2.94. The molecule has 1 rings (SSSR count). The Morgan fingerprint density at radius 1 is 1.23 bits per heavy atom. The van der Waals surface area contributed by atoms with E-state index in [4.69, 9.17) is 14.9 Å². The maximum atomic E-state index is 12.2. The van der Waals surface area contributed by atoms with E-state index in [0.29, 0.717) is 16.5 Å². The lowest BCUT2D eigenvalue weighted by Gasteiger charge is -2.11. The number of benzene rings is 1. The summed E-state index contributed by atoms with van der Waals surface area (Å²) in [5.74, 6) is -0.832. The molecule has 0 aliphatic carbocycles. The number of carbonyl (C=O) groups excluding carboxylic acids is 1. The highest BCUT2D eigenvalue weighted by atomic mass is 79.9. The van der Waals surface area contributed by atoms with Crippen molar-refractivity contribution in [2.75, 3.05) is 25.6 Å². The van der Waals surface area contributed by atoms with Gasteiger partial charge >= 0.3 is 5.97 Å². The monoisotopic (exact) mass is 394 g/mol. The zero-order chi connectivity index (χ0) is 16.8. The molecule has 1 aromatic rings. The summed E-state index contributed by atoms with van der Waals surface area (Å²) < 4.78 is 29.8. The van der Waals surface area contributed by atoms with E-state index in [1.807, 2.05) is 0 Å². The number of halogens is 1. The Morgan fingerprint density at radius 2 is 1.86 bits per heavy atom. The molecule has 0 unspecified atom stereocenters. The van der Waals surface area contributed by atoms with Gasteiger partial charge in [0.25, 0.3) is 0 Å². The standard InChI is InChI=1S/C14H19BrO6S/c1-10-8-12(15)13(22(19,20)7-3-5-17)9-11(10)14(18)21-6-2-4-16/h8-9,16-17H,2-7H2,1H3. The molecule has 0 aromatic heterocycles. The van der Waals surface area contributed by atoms with Gasteiger partial charge in [-0.3, -0.25) is 0 Å². The second kappa shape index (κ2) is 8.61. The zero-order valence-corrected chi connectivity index (χ0v) is 14.6. The van der Waals surface area contributed by atoms with Crippen LogP contribution in [0.1, 0.15) is 28.8 Å². The molecule has 2 N–H and O–H groups in total. The molecule has 1 aromatic carbocycles. The maximum Gasteiger partial charge on any atom is 0.338 e. The Morgan fingerprint density at radius 3 is 2.45 bits per heavy atom. The van der Waals surface area contributed by atoms with Gasteiger partial charge in [-0.25, -0.2) is 13.2 Å². The fourth-order valence-electron chi connectivity index (χ4n) is 1.78. The summed E-state index contributed by atoms with van der Waals surface area (Å²) in [6.07, 6.45) is 0.446. The van der Waals surface area contributed by atoms with Crippen LogP contribution in [0.2, 0.25) is 0 Å². The van der Waals surface area contributed by atoms with Crippen molar-refractivity contribution in [3.63, 3.8) is 0 Å². The van der Waals surface area contributed by atoms with E-state index in [2.05, 4.69) is 15.9 Å². The Bertz CT molecular complexity index is 626. The first-order valence-electron chi connectivity index (χ1n) is 6.75. The Kier molecular flexibility index (Phi) is 7.47. The van der Waals surface area contributed by atoms with Gasteiger partial charge in [0, 0.05) is 24.1 Å². The zero-order valence-electron chi connectivity index (χ0n) is 12.2. The SMILES string of the molecule is Cc1cc(Br)c(S(=O)(=O)CCCO)cc1C(=O)OCCCO. The van der Waals surface area contributed by atoms with Crippen LogP contribution in [-0.2, 0) is 14.6 Å². The van der Waals surface area contributed by atoms with Crippen molar-refractivity contribution in [2.45, 2.75) is 24.7 Å². The minimum absolute atomic E-state index is 0.000609. The van der Waals surface area contributed by atoms with Gasteiger partial charge in [0.2, 0.25) is 0 Å². The van der Waals surface area contributed by atoms with Crippen LogP contribution in [0.3, 0.4) is 0 Å². The summed E-state index contributed by atoms with van der Waals surface area (Å²) >= 11 is 3.20. The minimum atomic E-state index is -3.61. The predicted octanol–water partition coefficient (Wildman–Crippen LogP) is 1.45. The van der Waals surface area contributed by atoms with Crippen molar-refractivity contribution < 1.29 is 28.2 Å². The van der Waals surface area contributed by atoms with Crippen molar-refractivity contribution in [3.05, 3.63) is 27.7 Å². The number of aliphatic hydroxyl groups is 2. The van der Waals surface area contributed by atoms with Gasteiger partial charge in [-0.15, -0.1) is 0 Å². The topological polar surface area (TPSA) is 101 Å².